The second kappa shape index (κ2) is 6.31. The molecule has 2 aromatic rings. The molecule has 0 aliphatic carbocycles. The number of hydrogen-bond donors (Lipinski definition) is 0. The molecule has 0 spiro atoms. The molecule has 2 nitrogen and oxygen atoms in total. The fraction of sp³-hybridized carbons (Fsp3) is 0.250. The molecule has 0 amide bonds. The van der Waals surface area contributed by atoms with Crippen LogP contribution in [0.25, 0.3) is 0 Å². The first-order valence-electron chi connectivity index (χ1n) is 6.29. The lowest BCUT2D eigenvalue weighted by Crippen LogP contribution is -2.04. The smallest absolute Gasteiger partial charge is 0.134 e. The molecule has 0 saturated carbocycles. The van der Waals surface area contributed by atoms with Crippen LogP contribution in [0.15, 0.2) is 30.3 Å². The molecule has 2 aromatic carbocycles. The van der Waals surface area contributed by atoms with E-state index in [4.69, 9.17) is 21.1 Å². The zero-order valence-electron chi connectivity index (χ0n) is 11.9. The average molecular weight is 313 g/mol. The van der Waals surface area contributed by atoms with Gasteiger partial charge in [0.05, 0.1) is 19.6 Å². The van der Waals surface area contributed by atoms with E-state index >= 15 is 0 Å². The average Bonchev–Trinajstić information content (AvgIpc) is 2.46. The molecule has 0 bridgehead atoms. The van der Waals surface area contributed by atoms with Crippen LogP contribution < -0.4 is 9.47 Å². The van der Waals surface area contributed by atoms with Crippen LogP contribution in [0.2, 0.25) is 0 Å². The summed E-state index contributed by atoms with van der Waals surface area (Å²) in [4.78, 5) is 0. The Morgan fingerprint density at radius 2 is 1.62 bits per heavy atom. The molecule has 0 aliphatic heterocycles. The van der Waals surface area contributed by atoms with Gasteiger partial charge in [-0.3, -0.25) is 0 Å². The predicted octanol–water partition coefficient (Wildman–Crippen LogP) is 4.62. The largest absolute Gasteiger partial charge is 0.497 e. The summed E-state index contributed by atoms with van der Waals surface area (Å²) in [5.41, 5.74) is 1.22. The van der Waals surface area contributed by atoms with Crippen LogP contribution in [0, 0.1) is 18.6 Å². The van der Waals surface area contributed by atoms with E-state index in [-0.39, 0.29) is 11.3 Å². The van der Waals surface area contributed by atoms with E-state index in [1.54, 1.807) is 12.1 Å². The normalized spacial score (nSPS) is 12.1. The third-order valence-electron chi connectivity index (χ3n) is 3.20. The Balaban J connectivity index is 2.55. The first-order valence-corrected chi connectivity index (χ1v) is 6.73. The van der Waals surface area contributed by atoms with E-state index in [9.17, 15) is 8.78 Å². The molecule has 2 rings (SSSR count). The zero-order chi connectivity index (χ0) is 15.6. The SMILES string of the molecule is COc1cc(F)c(C(Cl)c2cc(C)ccc2OC)c(F)c1. The van der Waals surface area contributed by atoms with Crippen molar-refractivity contribution >= 4 is 11.6 Å². The summed E-state index contributed by atoms with van der Waals surface area (Å²) in [7, 11) is 2.83. The third-order valence-corrected chi connectivity index (χ3v) is 3.65. The number of aryl methyl sites for hydroxylation is 1. The van der Waals surface area contributed by atoms with E-state index in [0.29, 0.717) is 11.3 Å². The van der Waals surface area contributed by atoms with Gasteiger partial charge in [-0.1, -0.05) is 17.7 Å². The quantitative estimate of drug-likeness (QED) is 0.767. The van der Waals surface area contributed by atoms with Crippen LogP contribution in [-0.2, 0) is 0 Å². The molecule has 21 heavy (non-hydrogen) atoms. The monoisotopic (exact) mass is 312 g/mol. The molecule has 0 aliphatic rings. The van der Waals surface area contributed by atoms with Gasteiger partial charge in [-0.15, -0.1) is 11.6 Å². The Bertz CT molecular complexity index is 636. The predicted molar refractivity (Wildman–Crippen MR) is 78.3 cm³/mol. The van der Waals surface area contributed by atoms with Crippen LogP contribution in [0.4, 0.5) is 8.78 Å². The van der Waals surface area contributed by atoms with E-state index in [1.165, 1.54) is 14.2 Å². The highest BCUT2D eigenvalue weighted by atomic mass is 35.5. The summed E-state index contributed by atoms with van der Waals surface area (Å²) < 4.78 is 38.3. The lowest BCUT2D eigenvalue weighted by molar-refractivity contribution is 0.403. The van der Waals surface area contributed by atoms with Crippen molar-refractivity contribution in [2.75, 3.05) is 14.2 Å². The van der Waals surface area contributed by atoms with Crippen molar-refractivity contribution in [3.05, 3.63) is 58.7 Å². The molecule has 112 valence electrons. The Hall–Kier alpha value is -1.81. The van der Waals surface area contributed by atoms with Crippen molar-refractivity contribution in [1.29, 1.82) is 0 Å². The van der Waals surface area contributed by atoms with Crippen LogP contribution >= 0.6 is 11.6 Å². The van der Waals surface area contributed by atoms with Gasteiger partial charge in [-0.05, 0) is 13.0 Å². The Morgan fingerprint density at radius 3 is 2.14 bits per heavy atom. The van der Waals surface area contributed by atoms with Gasteiger partial charge in [0, 0.05) is 23.3 Å². The standard InChI is InChI=1S/C16H15ClF2O2/c1-9-4-5-14(21-3)11(6-9)16(17)15-12(18)7-10(20-2)8-13(15)19/h4-8,16H,1-3H3. The number of hydrogen-bond acceptors (Lipinski definition) is 2. The molecule has 0 saturated heterocycles. The van der Waals surface area contributed by atoms with Crippen molar-refractivity contribution < 1.29 is 18.3 Å². The van der Waals surface area contributed by atoms with Crippen molar-refractivity contribution in [1.82, 2.24) is 0 Å². The first-order chi connectivity index (χ1) is 9.97. The lowest BCUT2D eigenvalue weighted by atomic mass is 10.0. The van der Waals surface area contributed by atoms with Gasteiger partial charge >= 0.3 is 0 Å². The highest BCUT2D eigenvalue weighted by molar-refractivity contribution is 6.22. The Kier molecular flexibility index (Phi) is 4.68. The summed E-state index contributed by atoms with van der Waals surface area (Å²) in [5.74, 6) is -0.921. The van der Waals surface area contributed by atoms with Gasteiger partial charge in [-0.2, -0.15) is 0 Å². The minimum Gasteiger partial charge on any atom is -0.497 e. The molecule has 1 unspecified atom stereocenters. The molecular weight excluding hydrogens is 298 g/mol. The molecule has 0 N–H and O–H groups in total. The fourth-order valence-electron chi connectivity index (χ4n) is 2.13. The van der Waals surface area contributed by atoms with Gasteiger partial charge in [0.2, 0.25) is 0 Å². The molecule has 5 heteroatoms. The maximum absolute atomic E-state index is 14.1. The molecule has 0 radical (unpaired) electrons. The molecular formula is C16H15ClF2O2. The zero-order valence-corrected chi connectivity index (χ0v) is 12.7. The van der Waals surface area contributed by atoms with Crippen molar-refractivity contribution in [3.8, 4) is 11.5 Å². The highest BCUT2D eigenvalue weighted by Crippen LogP contribution is 2.39. The molecule has 0 aromatic heterocycles. The Labute approximate surface area is 127 Å². The Morgan fingerprint density at radius 1 is 1.00 bits per heavy atom. The number of benzene rings is 2. The van der Waals surface area contributed by atoms with Crippen LogP contribution in [-0.4, -0.2) is 14.2 Å². The summed E-state index contributed by atoms with van der Waals surface area (Å²) in [6.07, 6.45) is 0. The summed E-state index contributed by atoms with van der Waals surface area (Å²) in [6, 6.07) is 7.53. The van der Waals surface area contributed by atoms with Gasteiger partial charge in [0.1, 0.15) is 23.1 Å². The fourth-order valence-corrected chi connectivity index (χ4v) is 2.51. The van der Waals surface area contributed by atoms with E-state index in [2.05, 4.69) is 0 Å². The number of ether oxygens (including phenoxy) is 2. The highest BCUT2D eigenvalue weighted by Gasteiger charge is 2.24. The van der Waals surface area contributed by atoms with Crippen molar-refractivity contribution in [2.24, 2.45) is 0 Å². The number of halogens is 3. The van der Waals surface area contributed by atoms with Gasteiger partial charge in [0.25, 0.3) is 0 Å². The maximum Gasteiger partial charge on any atom is 0.134 e. The topological polar surface area (TPSA) is 18.5 Å². The van der Waals surface area contributed by atoms with Crippen LogP contribution in [0.1, 0.15) is 22.1 Å². The number of rotatable bonds is 4. The van der Waals surface area contributed by atoms with Gasteiger partial charge in [-0.25, -0.2) is 8.78 Å². The number of methoxy groups -OCH3 is 2. The molecule has 0 heterocycles. The van der Waals surface area contributed by atoms with E-state index < -0.39 is 17.0 Å². The third kappa shape index (κ3) is 3.10. The van der Waals surface area contributed by atoms with Gasteiger partial charge < -0.3 is 9.47 Å². The summed E-state index contributed by atoms with van der Waals surface area (Å²) in [6.45, 7) is 1.87. The summed E-state index contributed by atoms with van der Waals surface area (Å²) >= 11 is 6.29. The van der Waals surface area contributed by atoms with Crippen LogP contribution in [0.5, 0.6) is 11.5 Å². The number of alkyl halides is 1. The first kappa shape index (κ1) is 15.6. The van der Waals surface area contributed by atoms with Crippen molar-refractivity contribution in [2.45, 2.75) is 12.3 Å². The minimum atomic E-state index is -0.995. The second-order valence-electron chi connectivity index (χ2n) is 4.61. The van der Waals surface area contributed by atoms with Crippen LogP contribution in [0.3, 0.4) is 0 Å². The van der Waals surface area contributed by atoms with E-state index in [1.807, 2.05) is 13.0 Å². The minimum absolute atomic E-state index is 0.105. The second-order valence-corrected chi connectivity index (χ2v) is 5.05. The van der Waals surface area contributed by atoms with Gasteiger partial charge in [0.15, 0.2) is 0 Å². The summed E-state index contributed by atoms with van der Waals surface area (Å²) in [5, 5.41) is -0.995. The van der Waals surface area contributed by atoms with E-state index in [0.717, 1.165) is 17.7 Å². The maximum atomic E-state index is 14.1. The molecule has 0 fully saturated rings. The molecule has 1 atom stereocenters. The lowest BCUT2D eigenvalue weighted by Gasteiger charge is -2.17. The van der Waals surface area contributed by atoms with Crippen molar-refractivity contribution in [3.63, 3.8) is 0 Å².